The van der Waals surface area contributed by atoms with Crippen molar-refractivity contribution >= 4 is 5.97 Å². The quantitative estimate of drug-likeness (QED) is 0.485. The number of rotatable bonds is 2. The molecule has 1 heterocycles. The molecule has 3 heteroatoms. The van der Waals surface area contributed by atoms with E-state index in [0.29, 0.717) is 17.8 Å². The summed E-state index contributed by atoms with van der Waals surface area (Å²) in [7, 11) is 0. The molecule has 0 saturated carbocycles. The number of cyclic esters (lactones) is 1. The zero-order chi connectivity index (χ0) is 10.1. The minimum atomic E-state index is -0.841. The van der Waals surface area contributed by atoms with Crippen LogP contribution in [0.15, 0.2) is 24.0 Å². The third-order valence-corrected chi connectivity index (χ3v) is 1.76. The Balaban J connectivity index is 2.94. The van der Waals surface area contributed by atoms with Crippen LogP contribution in [-0.4, -0.2) is 11.8 Å². The van der Waals surface area contributed by atoms with Gasteiger partial charge < -0.3 is 9.47 Å². The lowest BCUT2D eigenvalue weighted by atomic mass is 10.1. The van der Waals surface area contributed by atoms with Crippen molar-refractivity contribution < 1.29 is 14.3 Å². The van der Waals surface area contributed by atoms with Crippen molar-refractivity contribution in [2.45, 2.75) is 33.0 Å². The van der Waals surface area contributed by atoms with Crippen LogP contribution in [0.2, 0.25) is 0 Å². The van der Waals surface area contributed by atoms with Gasteiger partial charge in [-0.05, 0) is 6.92 Å². The summed E-state index contributed by atoms with van der Waals surface area (Å²) < 4.78 is 10.4. The van der Waals surface area contributed by atoms with E-state index in [1.807, 2.05) is 0 Å². The number of hydrogen-bond acceptors (Lipinski definition) is 3. The van der Waals surface area contributed by atoms with Gasteiger partial charge in [-0.3, -0.25) is 0 Å². The van der Waals surface area contributed by atoms with Crippen molar-refractivity contribution in [3.63, 3.8) is 0 Å². The average Bonchev–Trinajstić information content (AvgIpc) is 1.94. The number of carbonyl (C=O) groups excluding carboxylic acids is 1. The number of carbonyl (C=O) groups is 1. The van der Waals surface area contributed by atoms with Crippen molar-refractivity contribution in [2.24, 2.45) is 0 Å². The fraction of sp³-hybridized carbons (Fsp3) is 0.500. The third-order valence-electron chi connectivity index (χ3n) is 1.76. The summed E-state index contributed by atoms with van der Waals surface area (Å²) in [6.45, 7) is 8.74. The van der Waals surface area contributed by atoms with E-state index in [0.717, 1.165) is 0 Å². The van der Waals surface area contributed by atoms with E-state index in [-0.39, 0.29) is 5.97 Å². The Morgan fingerprint density at radius 1 is 1.46 bits per heavy atom. The Morgan fingerprint density at radius 3 is 2.54 bits per heavy atom. The molecule has 0 aromatic heterocycles. The van der Waals surface area contributed by atoms with E-state index in [9.17, 15) is 4.79 Å². The fourth-order valence-electron chi connectivity index (χ4n) is 1.25. The topological polar surface area (TPSA) is 35.5 Å². The first-order valence-corrected chi connectivity index (χ1v) is 4.19. The summed E-state index contributed by atoms with van der Waals surface area (Å²) in [5, 5.41) is 0. The lowest BCUT2D eigenvalue weighted by Gasteiger charge is -2.32. The number of hydrogen-bond donors (Lipinski definition) is 0. The molecule has 0 atom stereocenters. The highest BCUT2D eigenvalue weighted by atomic mass is 16.7. The van der Waals surface area contributed by atoms with Gasteiger partial charge in [-0.25, -0.2) is 4.79 Å². The maximum absolute atomic E-state index is 11.4. The zero-order valence-electron chi connectivity index (χ0n) is 8.22. The highest BCUT2D eigenvalue weighted by Gasteiger charge is 2.33. The Kier molecular flexibility index (Phi) is 2.45. The summed E-state index contributed by atoms with van der Waals surface area (Å²) in [4.78, 5) is 11.4. The average molecular weight is 182 g/mol. The second kappa shape index (κ2) is 3.24. The Hall–Kier alpha value is -1.25. The molecule has 0 saturated heterocycles. The highest BCUT2D eigenvalue weighted by molar-refractivity contribution is 5.90. The summed E-state index contributed by atoms with van der Waals surface area (Å²) in [5.41, 5.74) is 0.550. The van der Waals surface area contributed by atoms with Crippen LogP contribution in [-0.2, 0) is 14.3 Å². The maximum atomic E-state index is 11.4. The molecule has 72 valence electrons. The number of ether oxygens (including phenoxy) is 2. The van der Waals surface area contributed by atoms with Gasteiger partial charge >= 0.3 is 5.97 Å². The van der Waals surface area contributed by atoms with Crippen molar-refractivity contribution in [1.29, 1.82) is 0 Å². The molecule has 1 aliphatic heterocycles. The van der Waals surface area contributed by atoms with Crippen LogP contribution in [0.4, 0.5) is 0 Å². The lowest BCUT2D eigenvalue weighted by Crippen LogP contribution is -2.36. The molecule has 0 aromatic carbocycles. The first kappa shape index (κ1) is 9.84. The van der Waals surface area contributed by atoms with Crippen molar-refractivity contribution in [3.8, 4) is 0 Å². The monoisotopic (exact) mass is 182 g/mol. The van der Waals surface area contributed by atoms with Crippen molar-refractivity contribution in [1.82, 2.24) is 0 Å². The van der Waals surface area contributed by atoms with E-state index < -0.39 is 5.79 Å². The van der Waals surface area contributed by atoms with Crippen LogP contribution in [0, 0.1) is 0 Å². The fourth-order valence-corrected chi connectivity index (χ4v) is 1.25. The standard InChI is InChI=1S/C10H14O3/c1-5-6-8-7(2)12-10(3,4)13-9(8)11/h5H,1,6H2,2-4H3. The Labute approximate surface area is 78.0 Å². The van der Waals surface area contributed by atoms with Crippen molar-refractivity contribution in [2.75, 3.05) is 0 Å². The molecule has 0 aromatic rings. The van der Waals surface area contributed by atoms with Crippen LogP contribution >= 0.6 is 0 Å². The van der Waals surface area contributed by atoms with Gasteiger partial charge in [0.05, 0.1) is 5.57 Å². The predicted molar refractivity (Wildman–Crippen MR) is 48.8 cm³/mol. The third kappa shape index (κ3) is 2.11. The molecule has 0 N–H and O–H groups in total. The van der Waals surface area contributed by atoms with Gasteiger partial charge in [-0.15, -0.1) is 6.58 Å². The molecule has 0 radical (unpaired) electrons. The molecule has 1 rings (SSSR count). The van der Waals surface area contributed by atoms with Gasteiger partial charge in [0, 0.05) is 20.3 Å². The van der Waals surface area contributed by atoms with Gasteiger partial charge in [-0.1, -0.05) is 6.08 Å². The summed E-state index contributed by atoms with van der Waals surface area (Å²) in [5.74, 6) is -0.527. The molecule has 3 nitrogen and oxygen atoms in total. The first-order chi connectivity index (χ1) is 5.96. The molecule has 0 amide bonds. The molecular formula is C10H14O3. The molecule has 0 bridgehead atoms. The molecule has 0 fully saturated rings. The molecule has 13 heavy (non-hydrogen) atoms. The van der Waals surface area contributed by atoms with Gasteiger partial charge in [-0.2, -0.15) is 0 Å². The van der Waals surface area contributed by atoms with Crippen LogP contribution in [0.25, 0.3) is 0 Å². The summed E-state index contributed by atoms with van der Waals surface area (Å²) >= 11 is 0. The summed E-state index contributed by atoms with van der Waals surface area (Å²) in [6.07, 6.45) is 2.14. The van der Waals surface area contributed by atoms with Gasteiger partial charge in [0.1, 0.15) is 5.76 Å². The van der Waals surface area contributed by atoms with Gasteiger partial charge in [0.15, 0.2) is 0 Å². The Morgan fingerprint density at radius 2 is 2.08 bits per heavy atom. The molecule has 0 unspecified atom stereocenters. The van der Waals surface area contributed by atoms with E-state index >= 15 is 0 Å². The minimum Gasteiger partial charge on any atom is -0.457 e. The second-order valence-corrected chi connectivity index (χ2v) is 3.42. The zero-order valence-corrected chi connectivity index (χ0v) is 8.22. The second-order valence-electron chi connectivity index (χ2n) is 3.42. The molecule has 0 aliphatic carbocycles. The Bertz CT molecular complexity index is 274. The van der Waals surface area contributed by atoms with E-state index in [2.05, 4.69) is 6.58 Å². The molecular weight excluding hydrogens is 168 g/mol. The number of allylic oxidation sites excluding steroid dienone is 2. The van der Waals surface area contributed by atoms with E-state index in [4.69, 9.17) is 9.47 Å². The van der Waals surface area contributed by atoms with Crippen LogP contribution in [0.1, 0.15) is 27.2 Å². The predicted octanol–water partition coefficient (Wildman–Crippen LogP) is 2.15. The van der Waals surface area contributed by atoms with Crippen LogP contribution < -0.4 is 0 Å². The number of esters is 1. The minimum absolute atomic E-state index is 0.311. The van der Waals surface area contributed by atoms with E-state index in [1.54, 1.807) is 26.8 Å². The normalized spacial score (nSPS) is 20.7. The van der Waals surface area contributed by atoms with Gasteiger partial charge in [0.2, 0.25) is 5.79 Å². The molecule has 1 aliphatic rings. The van der Waals surface area contributed by atoms with Crippen molar-refractivity contribution in [3.05, 3.63) is 24.0 Å². The van der Waals surface area contributed by atoms with Crippen LogP contribution in [0.5, 0.6) is 0 Å². The van der Waals surface area contributed by atoms with Crippen LogP contribution in [0.3, 0.4) is 0 Å². The maximum Gasteiger partial charge on any atom is 0.340 e. The smallest absolute Gasteiger partial charge is 0.340 e. The lowest BCUT2D eigenvalue weighted by molar-refractivity contribution is -0.207. The molecule has 0 spiro atoms. The SMILES string of the molecule is C=CCC1=C(C)OC(C)(C)OC1=O. The first-order valence-electron chi connectivity index (χ1n) is 4.19. The highest BCUT2D eigenvalue weighted by Crippen LogP contribution is 2.27. The van der Waals surface area contributed by atoms with Gasteiger partial charge in [0.25, 0.3) is 0 Å². The largest absolute Gasteiger partial charge is 0.457 e. The van der Waals surface area contributed by atoms with E-state index in [1.165, 1.54) is 0 Å². The summed E-state index contributed by atoms with van der Waals surface area (Å²) in [6, 6.07) is 0.